The number of benzene rings is 1. The highest BCUT2D eigenvalue weighted by Gasteiger charge is 2.49. The predicted molar refractivity (Wildman–Crippen MR) is 151 cm³/mol. The van der Waals surface area contributed by atoms with Crippen LogP contribution in [0.2, 0.25) is 0 Å². The lowest BCUT2D eigenvalue weighted by molar-refractivity contribution is -0.133. The maximum Gasteiger partial charge on any atom is 0.254 e. The minimum absolute atomic E-state index is 0.196. The van der Waals surface area contributed by atoms with Crippen molar-refractivity contribution in [2.45, 2.75) is 95.2 Å². The molecular weight excluding hydrogens is 472 g/mol. The molecule has 0 N–H and O–H groups in total. The lowest BCUT2D eigenvalue weighted by Gasteiger charge is -2.57. The second kappa shape index (κ2) is 12.1. The molecule has 0 unspecified atom stereocenters. The SMILES string of the molecule is O=C(CCC[C@@H]1[C@H]2CCCN3CCC[C@@H](CN1C(=O)c1ccccc1)[C@@H]23)N1CCN(C2CCCCC2)CC1. The molecule has 4 saturated heterocycles. The van der Waals surface area contributed by atoms with Crippen molar-refractivity contribution in [1.82, 2.24) is 19.6 Å². The van der Waals surface area contributed by atoms with E-state index >= 15 is 0 Å². The molecule has 6 heteroatoms. The predicted octanol–water partition coefficient (Wildman–Crippen LogP) is 4.65. The van der Waals surface area contributed by atoms with Crippen LogP contribution in [0.15, 0.2) is 30.3 Å². The lowest BCUT2D eigenvalue weighted by atomic mass is 9.69. The summed E-state index contributed by atoms with van der Waals surface area (Å²) >= 11 is 0. The number of nitrogens with zero attached hydrogens (tertiary/aromatic N) is 4. The van der Waals surface area contributed by atoms with E-state index in [1.807, 2.05) is 30.3 Å². The molecule has 4 heterocycles. The molecule has 2 amide bonds. The summed E-state index contributed by atoms with van der Waals surface area (Å²) in [6, 6.07) is 11.5. The van der Waals surface area contributed by atoms with Crippen molar-refractivity contribution in [3.8, 4) is 0 Å². The van der Waals surface area contributed by atoms with Crippen LogP contribution in [0.5, 0.6) is 0 Å². The number of rotatable bonds is 6. The highest BCUT2D eigenvalue weighted by atomic mass is 16.2. The second-order valence-corrected chi connectivity index (χ2v) is 12.7. The minimum atomic E-state index is 0.196. The zero-order chi connectivity index (χ0) is 25.9. The van der Waals surface area contributed by atoms with Crippen LogP contribution in [0.25, 0.3) is 0 Å². The summed E-state index contributed by atoms with van der Waals surface area (Å²) in [6.45, 7) is 7.19. The Morgan fingerprint density at radius 1 is 0.763 bits per heavy atom. The van der Waals surface area contributed by atoms with Crippen LogP contribution in [0.4, 0.5) is 0 Å². The van der Waals surface area contributed by atoms with Gasteiger partial charge in [0.25, 0.3) is 5.91 Å². The Morgan fingerprint density at radius 3 is 2.26 bits per heavy atom. The minimum Gasteiger partial charge on any atom is -0.340 e. The summed E-state index contributed by atoms with van der Waals surface area (Å²) < 4.78 is 0. The summed E-state index contributed by atoms with van der Waals surface area (Å²) in [6.07, 6.45) is 14.2. The van der Waals surface area contributed by atoms with Gasteiger partial charge in [-0.3, -0.25) is 19.4 Å². The van der Waals surface area contributed by atoms with Crippen LogP contribution in [-0.2, 0) is 4.79 Å². The number of hydrogen-bond acceptors (Lipinski definition) is 4. The normalized spacial score (nSPS) is 31.2. The zero-order valence-electron chi connectivity index (χ0n) is 23.3. The summed E-state index contributed by atoms with van der Waals surface area (Å²) in [5.74, 6) is 1.66. The fourth-order valence-corrected chi connectivity index (χ4v) is 8.75. The van der Waals surface area contributed by atoms with Crippen molar-refractivity contribution in [1.29, 1.82) is 0 Å². The van der Waals surface area contributed by atoms with Crippen molar-refractivity contribution in [2.24, 2.45) is 11.8 Å². The van der Waals surface area contributed by atoms with Gasteiger partial charge < -0.3 is 9.80 Å². The van der Waals surface area contributed by atoms with Crippen LogP contribution in [-0.4, -0.2) is 95.4 Å². The number of amides is 2. The van der Waals surface area contributed by atoms with E-state index in [9.17, 15) is 9.59 Å². The number of piperidine rings is 3. The van der Waals surface area contributed by atoms with Crippen LogP contribution in [0.3, 0.4) is 0 Å². The molecule has 0 aromatic heterocycles. The summed E-state index contributed by atoms with van der Waals surface area (Å²) in [5.41, 5.74) is 0.811. The van der Waals surface area contributed by atoms with Crippen LogP contribution >= 0.6 is 0 Å². The lowest BCUT2D eigenvalue weighted by Crippen LogP contribution is -2.65. The average Bonchev–Trinajstić information content (AvgIpc) is 2.99. The number of likely N-dealkylation sites (tertiary alicyclic amines) is 1. The molecule has 6 rings (SSSR count). The average molecular weight is 521 g/mol. The van der Waals surface area contributed by atoms with Gasteiger partial charge in [-0.2, -0.15) is 0 Å². The molecule has 0 radical (unpaired) electrons. The van der Waals surface area contributed by atoms with E-state index in [-0.39, 0.29) is 11.9 Å². The molecule has 1 aromatic rings. The molecule has 0 bridgehead atoms. The summed E-state index contributed by atoms with van der Waals surface area (Å²) in [4.78, 5) is 36.8. The monoisotopic (exact) mass is 520 g/mol. The Labute approximate surface area is 229 Å². The fraction of sp³-hybridized carbons (Fsp3) is 0.750. The van der Waals surface area contributed by atoms with Gasteiger partial charge in [0.05, 0.1) is 0 Å². The second-order valence-electron chi connectivity index (χ2n) is 12.7. The van der Waals surface area contributed by atoms with Crippen LogP contribution in [0.1, 0.15) is 87.4 Å². The van der Waals surface area contributed by atoms with Gasteiger partial charge in [-0.1, -0.05) is 37.5 Å². The number of piperazine rings is 1. The molecule has 5 aliphatic rings. The largest absolute Gasteiger partial charge is 0.340 e. The third-order valence-corrected chi connectivity index (χ3v) is 10.6. The Balaban J connectivity index is 1.08. The molecule has 1 saturated carbocycles. The van der Waals surface area contributed by atoms with Crippen molar-refractivity contribution in [2.75, 3.05) is 45.8 Å². The van der Waals surface area contributed by atoms with Gasteiger partial charge in [0.15, 0.2) is 0 Å². The van der Waals surface area contributed by atoms with Crippen molar-refractivity contribution >= 4 is 11.8 Å². The molecule has 4 aliphatic heterocycles. The van der Waals surface area contributed by atoms with E-state index in [1.165, 1.54) is 70.9 Å². The summed E-state index contributed by atoms with van der Waals surface area (Å²) in [5, 5.41) is 0. The molecule has 208 valence electrons. The van der Waals surface area contributed by atoms with Gasteiger partial charge in [-0.05, 0) is 88.4 Å². The zero-order valence-corrected chi connectivity index (χ0v) is 23.3. The first-order valence-electron chi connectivity index (χ1n) is 15.8. The van der Waals surface area contributed by atoms with E-state index in [1.54, 1.807) is 0 Å². The van der Waals surface area contributed by atoms with Crippen molar-refractivity contribution in [3.05, 3.63) is 35.9 Å². The van der Waals surface area contributed by atoms with Crippen molar-refractivity contribution < 1.29 is 9.59 Å². The standard InChI is InChI=1S/C32H48N4O2/c37-30(34-22-20-33(21-23-34)27-13-5-2-6-14-27)17-7-16-29-28-15-9-19-35-18-8-12-26(31(28)35)24-36(29)32(38)25-10-3-1-4-11-25/h1,3-4,10-11,26-29,31H,2,5-9,12-24H2/t26-,28+,29+,31-/m0/s1. The Kier molecular flexibility index (Phi) is 8.36. The van der Waals surface area contributed by atoms with Crippen LogP contribution < -0.4 is 0 Å². The van der Waals surface area contributed by atoms with E-state index in [0.29, 0.717) is 30.2 Å². The number of hydrogen-bond donors (Lipinski definition) is 0. The highest BCUT2D eigenvalue weighted by molar-refractivity contribution is 5.94. The van der Waals surface area contributed by atoms with E-state index in [2.05, 4.69) is 19.6 Å². The summed E-state index contributed by atoms with van der Waals surface area (Å²) in [7, 11) is 0. The maximum absolute atomic E-state index is 13.8. The van der Waals surface area contributed by atoms with Gasteiger partial charge in [0.1, 0.15) is 0 Å². The van der Waals surface area contributed by atoms with E-state index in [0.717, 1.165) is 57.2 Å². The van der Waals surface area contributed by atoms with E-state index < -0.39 is 0 Å². The molecule has 4 atom stereocenters. The molecule has 0 spiro atoms. The number of carbonyl (C=O) groups is 2. The third kappa shape index (κ3) is 5.54. The molecule has 5 fully saturated rings. The quantitative estimate of drug-likeness (QED) is 0.548. The molecule has 1 aliphatic carbocycles. The molecule has 6 nitrogen and oxygen atoms in total. The topological polar surface area (TPSA) is 47.1 Å². The van der Waals surface area contributed by atoms with Gasteiger partial charge in [0.2, 0.25) is 5.91 Å². The molecule has 38 heavy (non-hydrogen) atoms. The Morgan fingerprint density at radius 2 is 1.50 bits per heavy atom. The van der Waals surface area contributed by atoms with Gasteiger partial charge in [0, 0.05) is 62.8 Å². The van der Waals surface area contributed by atoms with E-state index in [4.69, 9.17) is 0 Å². The molecular formula is C32H48N4O2. The molecule has 1 aromatic carbocycles. The first-order valence-corrected chi connectivity index (χ1v) is 15.8. The van der Waals surface area contributed by atoms with Gasteiger partial charge in [-0.25, -0.2) is 0 Å². The first kappa shape index (κ1) is 26.3. The Hall–Kier alpha value is -1.92. The van der Waals surface area contributed by atoms with Gasteiger partial charge in [-0.15, -0.1) is 0 Å². The maximum atomic E-state index is 13.8. The fourth-order valence-electron chi connectivity index (χ4n) is 8.75. The van der Waals surface area contributed by atoms with Gasteiger partial charge >= 0.3 is 0 Å². The van der Waals surface area contributed by atoms with Crippen LogP contribution in [0, 0.1) is 11.8 Å². The Bertz CT molecular complexity index is 938. The smallest absolute Gasteiger partial charge is 0.254 e. The first-order chi connectivity index (χ1) is 18.7. The van der Waals surface area contributed by atoms with Crippen molar-refractivity contribution in [3.63, 3.8) is 0 Å². The third-order valence-electron chi connectivity index (χ3n) is 10.6. The number of carbonyl (C=O) groups excluding carboxylic acids is 2. The highest BCUT2D eigenvalue weighted by Crippen LogP contribution is 2.43.